The Kier molecular flexibility index (Phi) is 5.63. The van der Waals surface area contributed by atoms with Gasteiger partial charge in [0.2, 0.25) is 0 Å². The summed E-state index contributed by atoms with van der Waals surface area (Å²) >= 11 is 0. The first-order chi connectivity index (χ1) is 9.45. The molecule has 1 aliphatic rings. The number of carbonyl (C=O) groups is 1. The van der Waals surface area contributed by atoms with E-state index in [2.05, 4.69) is 5.32 Å². The number of benzene rings is 1. The summed E-state index contributed by atoms with van der Waals surface area (Å²) in [4.78, 5) is 12.2. The summed E-state index contributed by atoms with van der Waals surface area (Å²) in [6.45, 7) is 4.39. The van der Waals surface area contributed by atoms with Crippen molar-refractivity contribution in [1.82, 2.24) is 5.32 Å². The van der Waals surface area contributed by atoms with E-state index < -0.39 is 5.54 Å². The minimum absolute atomic E-state index is 0. The highest BCUT2D eigenvalue weighted by Gasteiger charge is 2.23. The summed E-state index contributed by atoms with van der Waals surface area (Å²) in [7, 11) is 1.60. The molecule has 21 heavy (non-hydrogen) atoms. The highest BCUT2D eigenvalue weighted by molar-refractivity contribution is 5.99. The summed E-state index contributed by atoms with van der Waals surface area (Å²) in [5.74, 6) is 1.32. The molecule has 0 atom stereocenters. The highest BCUT2D eigenvalue weighted by atomic mass is 35.5. The van der Waals surface area contributed by atoms with Crippen LogP contribution >= 0.6 is 12.4 Å². The molecular weight excluding hydrogens is 292 g/mol. The van der Waals surface area contributed by atoms with Gasteiger partial charge in [-0.05, 0) is 38.1 Å². The van der Waals surface area contributed by atoms with E-state index in [1.807, 2.05) is 38.1 Å². The van der Waals surface area contributed by atoms with E-state index in [0.29, 0.717) is 12.1 Å². The standard InChI is InChI=1S/C15H20N2O3.ClH/c1-15(2,9-16)17-14(18)11-6-10-7-12(19-3)4-5-13(10)20-8-11;/h4-7H,8-9,16H2,1-3H3,(H,17,18);1H. The molecule has 1 aliphatic heterocycles. The summed E-state index contributed by atoms with van der Waals surface area (Å²) in [5, 5.41) is 2.89. The zero-order chi connectivity index (χ0) is 14.8. The quantitative estimate of drug-likeness (QED) is 0.888. The van der Waals surface area contributed by atoms with Gasteiger partial charge in [0.15, 0.2) is 0 Å². The molecule has 1 heterocycles. The van der Waals surface area contributed by atoms with Crippen molar-refractivity contribution in [2.75, 3.05) is 20.3 Å². The van der Waals surface area contributed by atoms with Crippen molar-refractivity contribution in [3.63, 3.8) is 0 Å². The first-order valence-electron chi connectivity index (χ1n) is 6.49. The molecule has 0 bridgehead atoms. The Labute approximate surface area is 130 Å². The molecule has 5 nitrogen and oxygen atoms in total. The van der Waals surface area contributed by atoms with Crippen LogP contribution in [0.1, 0.15) is 19.4 Å². The van der Waals surface area contributed by atoms with E-state index >= 15 is 0 Å². The van der Waals surface area contributed by atoms with Gasteiger partial charge in [-0.25, -0.2) is 0 Å². The Morgan fingerprint density at radius 3 is 2.81 bits per heavy atom. The van der Waals surface area contributed by atoms with Crippen molar-refractivity contribution in [1.29, 1.82) is 0 Å². The second-order valence-electron chi connectivity index (χ2n) is 5.40. The maximum Gasteiger partial charge on any atom is 0.251 e. The number of amides is 1. The molecule has 6 heteroatoms. The zero-order valence-corrected chi connectivity index (χ0v) is 13.3. The molecule has 0 fully saturated rings. The van der Waals surface area contributed by atoms with Crippen molar-refractivity contribution in [2.45, 2.75) is 19.4 Å². The second kappa shape index (κ2) is 6.83. The lowest BCUT2D eigenvalue weighted by molar-refractivity contribution is -0.119. The van der Waals surface area contributed by atoms with Gasteiger partial charge in [0.05, 0.1) is 12.7 Å². The highest BCUT2D eigenvalue weighted by Crippen LogP contribution is 2.30. The number of nitrogens with two attached hydrogens (primary N) is 1. The Morgan fingerprint density at radius 2 is 2.19 bits per heavy atom. The van der Waals surface area contributed by atoms with Crippen molar-refractivity contribution < 1.29 is 14.3 Å². The maximum absolute atomic E-state index is 12.2. The predicted octanol–water partition coefficient (Wildman–Crippen LogP) is 1.75. The normalized spacial score (nSPS) is 13.2. The van der Waals surface area contributed by atoms with Gasteiger partial charge in [0.25, 0.3) is 5.91 Å². The Balaban J connectivity index is 0.00000220. The van der Waals surface area contributed by atoms with Crippen molar-refractivity contribution in [2.24, 2.45) is 5.73 Å². The van der Waals surface area contributed by atoms with Gasteiger partial charge in [-0.3, -0.25) is 4.79 Å². The van der Waals surface area contributed by atoms with Gasteiger partial charge in [-0.15, -0.1) is 12.4 Å². The molecule has 1 aromatic rings. The van der Waals surface area contributed by atoms with E-state index in [0.717, 1.165) is 17.1 Å². The molecule has 0 aromatic heterocycles. The third kappa shape index (κ3) is 4.12. The Morgan fingerprint density at radius 1 is 1.48 bits per heavy atom. The van der Waals surface area contributed by atoms with Gasteiger partial charge < -0.3 is 20.5 Å². The fraction of sp³-hybridized carbons (Fsp3) is 0.400. The number of halogens is 1. The van der Waals surface area contributed by atoms with Gasteiger partial charge in [-0.1, -0.05) is 0 Å². The number of methoxy groups -OCH3 is 1. The van der Waals surface area contributed by atoms with E-state index in [-0.39, 0.29) is 24.9 Å². The van der Waals surface area contributed by atoms with Crippen LogP contribution in [-0.2, 0) is 4.79 Å². The van der Waals surface area contributed by atoms with Crippen LogP contribution in [0.3, 0.4) is 0 Å². The number of carbonyl (C=O) groups excluding carboxylic acids is 1. The van der Waals surface area contributed by atoms with Gasteiger partial charge in [0, 0.05) is 17.6 Å². The number of hydrogen-bond donors (Lipinski definition) is 2. The SMILES string of the molecule is COc1ccc2c(c1)C=C(C(=O)NC(C)(C)CN)CO2.Cl. The topological polar surface area (TPSA) is 73.6 Å². The largest absolute Gasteiger partial charge is 0.497 e. The van der Waals surface area contributed by atoms with E-state index in [1.54, 1.807) is 7.11 Å². The molecule has 0 saturated carbocycles. The Hall–Kier alpha value is -1.72. The van der Waals surface area contributed by atoms with E-state index in [4.69, 9.17) is 15.2 Å². The molecular formula is C15H21ClN2O3. The monoisotopic (exact) mass is 312 g/mol. The van der Waals surface area contributed by atoms with Crippen LogP contribution in [-0.4, -0.2) is 31.7 Å². The third-order valence-corrected chi connectivity index (χ3v) is 3.18. The minimum atomic E-state index is -0.438. The molecule has 116 valence electrons. The molecule has 1 amide bonds. The Bertz CT molecular complexity index is 556. The molecule has 3 N–H and O–H groups in total. The van der Waals surface area contributed by atoms with Crippen molar-refractivity contribution in [3.8, 4) is 11.5 Å². The van der Waals surface area contributed by atoms with Crippen LogP contribution in [0.25, 0.3) is 6.08 Å². The molecule has 0 aliphatic carbocycles. The van der Waals surface area contributed by atoms with Crippen molar-refractivity contribution >= 4 is 24.4 Å². The number of ether oxygens (including phenoxy) is 2. The predicted molar refractivity (Wildman–Crippen MR) is 85.0 cm³/mol. The third-order valence-electron chi connectivity index (χ3n) is 3.18. The van der Waals surface area contributed by atoms with Crippen LogP contribution in [0, 0.1) is 0 Å². The molecule has 2 rings (SSSR count). The fourth-order valence-electron chi connectivity index (χ4n) is 1.85. The first-order valence-corrected chi connectivity index (χ1v) is 6.49. The molecule has 0 unspecified atom stereocenters. The molecule has 0 saturated heterocycles. The van der Waals surface area contributed by atoms with Gasteiger partial charge >= 0.3 is 0 Å². The van der Waals surface area contributed by atoms with Gasteiger partial charge in [-0.2, -0.15) is 0 Å². The maximum atomic E-state index is 12.2. The number of hydrogen-bond acceptors (Lipinski definition) is 4. The smallest absolute Gasteiger partial charge is 0.251 e. The van der Waals surface area contributed by atoms with Gasteiger partial charge in [0.1, 0.15) is 18.1 Å². The summed E-state index contributed by atoms with van der Waals surface area (Å²) in [5.41, 5.74) is 6.59. The second-order valence-corrected chi connectivity index (χ2v) is 5.40. The summed E-state index contributed by atoms with van der Waals surface area (Å²) < 4.78 is 10.8. The molecule has 1 aromatic carbocycles. The fourth-order valence-corrected chi connectivity index (χ4v) is 1.85. The lowest BCUT2D eigenvalue weighted by Gasteiger charge is -2.26. The summed E-state index contributed by atoms with van der Waals surface area (Å²) in [6.07, 6.45) is 1.82. The summed E-state index contributed by atoms with van der Waals surface area (Å²) in [6, 6.07) is 5.51. The van der Waals surface area contributed by atoms with Crippen LogP contribution < -0.4 is 20.5 Å². The molecule has 0 spiro atoms. The lowest BCUT2D eigenvalue weighted by Crippen LogP contribution is -2.49. The number of rotatable bonds is 4. The van der Waals surface area contributed by atoms with Crippen LogP contribution in [0.15, 0.2) is 23.8 Å². The van der Waals surface area contributed by atoms with Crippen LogP contribution in [0.4, 0.5) is 0 Å². The van der Waals surface area contributed by atoms with Crippen LogP contribution in [0.2, 0.25) is 0 Å². The minimum Gasteiger partial charge on any atom is -0.497 e. The van der Waals surface area contributed by atoms with Crippen LogP contribution in [0.5, 0.6) is 11.5 Å². The average molecular weight is 313 g/mol. The lowest BCUT2D eigenvalue weighted by atomic mass is 10.0. The first kappa shape index (κ1) is 17.3. The number of nitrogens with one attached hydrogen (secondary N) is 1. The van der Waals surface area contributed by atoms with E-state index in [1.165, 1.54) is 0 Å². The zero-order valence-electron chi connectivity index (χ0n) is 12.4. The van der Waals surface area contributed by atoms with E-state index in [9.17, 15) is 4.79 Å². The molecule has 0 radical (unpaired) electrons. The number of fused-ring (bicyclic) bond motifs is 1. The average Bonchev–Trinajstić information content (AvgIpc) is 2.45. The van der Waals surface area contributed by atoms with Crippen molar-refractivity contribution in [3.05, 3.63) is 29.3 Å².